The molecule has 1 amide bonds. The Bertz CT molecular complexity index is 712. The smallest absolute Gasteiger partial charge is 0.262 e. The van der Waals surface area contributed by atoms with Crippen LogP contribution in [0.25, 0.3) is 11.0 Å². The second kappa shape index (κ2) is 5.01. The van der Waals surface area contributed by atoms with Crippen molar-refractivity contribution in [3.05, 3.63) is 35.0 Å². The highest BCUT2D eigenvalue weighted by Gasteiger charge is 2.24. The Morgan fingerprint density at radius 3 is 3.05 bits per heavy atom. The van der Waals surface area contributed by atoms with Gasteiger partial charge in [0.15, 0.2) is 5.65 Å². The predicted molar refractivity (Wildman–Crippen MR) is 71.2 cm³/mol. The number of likely N-dealkylation sites (N-methyl/N-ethyl adjacent to an activating group) is 1. The average molecular weight is 274 g/mol. The molecule has 0 spiro atoms. The van der Waals surface area contributed by atoms with Crippen LogP contribution in [0.5, 0.6) is 0 Å². The number of aromatic nitrogens is 3. The molecule has 20 heavy (non-hydrogen) atoms. The van der Waals surface area contributed by atoms with Crippen LogP contribution in [0.2, 0.25) is 0 Å². The molecule has 1 saturated heterocycles. The van der Waals surface area contributed by atoms with Gasteiger partial charge in [-0.15, -0.1) is 0 Å². The molecule has 1 aliphatic heterocycles. The maximum atomic E-state index is 12.3. The van der Waals surface area contributed by atoms with Crippen LogP contribution in [-0.2, 0) is 16.1 Å². The summed E-state index contributed by atoms with van der Waals surface area (Å²) in [4.78, 5) is 33.4. The van der Waals surface area contributed by atoms with Crippen LogP contribution in [-0.4, -0.2) is 51.6 Å². The number of fused-ring (bicyclic) bond motifs is 1. The van der Waals surface area contributed by atoms with E-state index in [4.69, 9.17) is 4.74 Å². The molecule has 0 saturated carbocycles. The second-order valence-corrected chi connectivity index (χ2v) is 4.78. The van der Waals surface area contributed by atoms with Crippen molar-refractivity contribution >= 4 is 16.9 Å². The Kier molecular flexibility index (Phi) is 3.19. The zero-order valence-electron chi connectivity index (χ0n) is 11.0. The Morgan fingerprint density at radius 1 is 1.40 bits per heavy atom. The van der Waals surface area contributed by atoms with Gasteiger partial charge < -0.3 is 9.64 Å². The summed E-state index contributed by atoms with van der Waals surface area (Å²) in [5.41, 5.74) is 0.289. The highest BCUT2D eigenvalue weighted by atomic mass is 16.5. The molecule has 1 fully saturated rings. The van der Waals surface area contributed by atoms with E-state index in [0.29, 0.717) is 24.1 Å². The molecule has 0 bridgehead atoms. The van der Waals surface area contributed by atoms with E-state index in [1.807, 2.05) is 0 Å². The molecule has 2 aromatic heterocycles. The first-order chi connectivity index (χ1) is 9.65. The molecule has 0 N–H and O–H groups in total. The highest BCUT2D eigenvalue weighted by molar-refractivity contribution is 5.77. The minimum absolute atomic E-state index is 0.0468. The number of ether oxygens (including phenoxy) is 1. The van der Waals surface area contributed by atoms with Gasteiger partial charge in [-0.2, -0.15) is 0 Å². The lowest BCUT2D eigenvalue weighted by molar-refractivity contribution is -0.147. The van der Waals surface area contributed by atoms with Crippen LogP contribution >= 0.6 is 0 Å². The van der Waals surface area contributed by atoms with Crippen LogP contribution in [0.15, 0.2) is 29.5 Å². The van der Waals surface area contributed by atoms with Crippen molar-refractivity contribution in [3.63, 3.8) is 0 Å². The van der Waals surface area contributed by atoms with E-state index in [-0.39, 0.29) is 24.2 Å². The Balaban J connectivity index is 1.86. The summed E-state index contributed by atoms with van der Waals surface area (Å²) >= 11 is 0. The Morgan fingerprint density at radius 2 is 2.25 bits per heavy atom. The van der Waals surface area contributed by atoms with Crippen LogP contribution < -0.4 is 5.56 Å². The zero-order valence-corrected chi connectivity index (χ0v) is 11.0. The number of rotatable bonds is 2. The van der Waals surface area contributed by atoms with Gasteiger partial charge in [0.2, 0.25) is 5.91 Å². The lowest BCUT2D eigenvalue weighted by atomic mass is 10.2. The van der Waals surface area contributed by atoms with Gasteiger partial charge in [-0.05, 0) is 12.1 Å². The summed E-state index contributed by atoms with van der Waals surface area (Å²) < 4.78 is 6.94. The Hall–Kier alpha value is -2.28. The van der Waals surface area contributed by atoms with Crippen LogP contribution in [0.4, 0.5) is 0 Å². The summed E-state index contributed by atoms with van der Waals surface area (Å²) in [6.07, 6.45) is 2.87. The van der Waals surface area contributed by atoms with Crippen LogP contribution in [0.1, 0.15) is 0 Å². The number of carbonyl (C=O) groups is 1. The van der Waals surface area contributed by atoms with E-state index in [1.54, 1.807) is 30.3 Å². The van der Waals surface area contributed by atoms with Crippen molar-refractivity contribution in [3.8, 4) is 0 Å². The van der Waals surface area contributed by atoms with Crippen LogP contribution in [0, 0.1) is 0 Å². The fraction of sp³-hybridized carbons (Fsp3) is 0.385. The van der Waals surface area contributed by atoms with E-state index in [0.717, 1.165) is 0 Å². The Labute approximate surface area is 114 Å². The minimum atomic E-state index is -0.202. The number of nitrogens with zero attached hydrogens (tertiary/aromatic N) is 4. The molecule has 3 heterocycles. The number of morpholine rings is 1. The topological polar surface area (TPSA) is 77.3 Å². The summed E-state index contributed by atoms with van der Waals surface area (Å²) in [5, 5.41) is 0.482. The van der Waals surface area contributed by atoms with Crippen molar-refractivity contribution in [2.24, 2.45) is 0 Å². The summed E-state index contributed by atoms with van der Waals surface area (Å²) in [6.45, 7) is 0.892. The normalized spacial score (nSPS) is 19.6. The van der Waals surface area contributed by atoms with Gasteiger partial charge in [0.25, 0.3) is 5.56 Å². The van der Waals surface area contributed by atoms with E-state index >= 15 is 0 Å². The van der Waals surface area contributed by atoms with Gasteiger partial charge in [0.1, 0.15) is 12.9 Å². The van der Waals surface area contributed by atoms with Crippen molar-refractivity contribution in [1.82, 2.24) is 19.4 Å². The van der Waals surface area contributed by atoms with Gasteiger partial charge in [0, 0.05) is 19.8 Å². The SMILES string of the molecule is CN1CC(Cn2cnc3ncccc3c2=O)OCC1=O. The third-order valence-electron chi connectivity index (χ3n) is 3.34. The molecule has 0 aromatic carbocycles. The molecule has 1 unspecified atom stereocenters. The summed E-state index contributed by atoms with van der Waals surface area (Å²) in [5.74, 6) is -0.0468. The molecular weight excluding hydrogens is 260 g/mol. The van der Waals surface area contributed by atoms with E-state index in [9.17, 15) is 9.59 Å². The lowest BCUT2D eigenvalue weighted by Gasteiger charge is -2.30. The molecule has 0 radical (unpaired) electrons. The number of carbonyl (C=O) groups excluding carboxylic acids is 1. The van der Waals surface area contributed by atoms with Gasteiger partial charge in [0.05, 0.1) is 18.0 Å². The molecule has 0 aliphatic carbocycles. The fourth-order valence-electron chi connectivity index (χ4n) is 2.22. The van der Waals surface area contributed by atoms with E-state index in [2.05, 4.69) is 9.97 Å². The van der Waals surface area contributed by atoms with E-state index < -0.39 is 0 Å². The fourth-order valence-corrected chi connectivity index (χ4v) is 2.22. The largest absolute Gasteiger partial charge is 0.365 e. The zero-order chi connectivity index (χ0) is 14.1. The second-order valence-electron chi connectivity index (χ2n) is 4.78. The van der Waals surface area contributed by atoms with Gasteiger partial charge >= 0.3 is 0 Å². The molecule has 1 atom stereocenters. The first-order valence-electron chi connectivity index (χ1n) is 6.31. The van der Waals surface area contributed by atoms with Crippen molar-refractivity contribution in [1.29, 1.82) is 0 Å². The lowest BCUT2D eigenvalue weighted by Crippen LogP contribution is -2.46. The molecule has 3 rings (SSSR count). The molecule has 1 aliphatic rings. The molecular formula is C13H14N4O3. The molecule has 7 nitrogen and oxygen atoms in total. The van der Waals surface area contributed by atoms with Crippen molar-refractivity contribution in [2.75, 3.05) is 20.2 Å². The number of amides is 1. The number of hydrogen-bond donors (Lipinski definition) is 0. The molecule has 2 aromatic rings. The first-order valence-corrected chi connectivity index (χ1v) is 6.31. The third-order valence-corrected chi connectivity index (χ3v) is 3.34. The highest BCUT2D eigenvalue weighted by Crippen LogP contribution is 2.07. The quantitative estimate of drug-likeness (QED) is 0.748. The molecule has 104 valence electrons. The maximum absolute atomic E-state index is 12.3. The predicted octanol–water partition coefficient (Wildman–Crippen LogP) is -0.351. The first kappa shape index (κ1) is 12.7. The minimum Gasteiger partial charge on any atom is -0.365 e. The van der Waals surface area contributed by atoms with Gasteiger partial charge in [-0.3, -0.25) is 14.2 Å². The van der Waals surface area contributed by atoms with Crippen LogP contribution in [0.3, 0.4) is 0 Å². The number of pyridine rings is 1. The van der Waals surface area contributed by atoms with Gasteiger partial charge in [-0.1, -0.05) is 0 Å². The maximum Gasteiger partial charge on any atom is 0.262 e. The van der Waals surface area contributed by atoms with Gasteiger partial charge in [-0.25, -0.2) is 9.97 Å². The monoisotopic (exact) mass is 274 g/mol. The van der Waals surface area contributed by atoms with E-state index in [1.165, 1.54) is 10.9 Å². The third kappa shape index (κ3) is 2.27. The summed E-state index contributed by atoms with van der Waals surface area (Å²) in [6, 6.07) is 3.41. The van der Waals surface area contributed by atoms with Crippen molar-refractivity contribution < 1.29 is 9.53 Å². The van der Waals surface area contributed by atoms with Crippen molar-refractivity contribution in [2.45, 2.75) is 12.6 Å². The summed E-state index contributed by atoms with van der Waals surface area (Å²) in [7, 11) is 1.73. The standard InChI is InChI=1S/C13H14N4O3/c1-16-5-9(20-7-11(16)18)6-17-8-15-12-10(13(17)19)3-2-4-14-12/h2-4,8-9H,5-7H2,1H3. The number of hydrogen-bond acceptors (Lipinski definition) is 5. The average Bonchev–Trinajstić information content (AvgIpc) is 2.46. The molecule has 7 heteroatoms.